The van der Waals surface area contributed by atoms with E-state index in [0.29, 0.717) is 18.3 Å². The number of carboxylic acids is 1. The summed E-state index contributed by atoms with van der Waals surface area (Å²) in [7, 11) is 0. The normalized spacial score (nSPS) is 31.2. The molecule has 5 nitrogen and oxygen atoms in total. The van der Waals surface area contributed by atoms with Gasteiger partial charge in [-0.3, -0.25) is 0 Å². The topological polar surface area (TPSA) is 69.6 Å². The molecule has 0 radical (unpaired) electrons. The number of carboxylic acid groups (broad SMARTS) is 1. The fraction of sp³-hybridized carbons (Fsp3) is 0.833. The first kappa shape index (κ1) is 14.8. The van der Waals surface area contributed by atoms with Gasteiger partial charge < -0.3 is 15.3 Å². The average Bonchev–Trinajstić information content (AvgIpc) is 2.79. The maximum atomic E-state index is 12.1. The smallest absolute Gasteiger partial charge is 0.326 e. The quantitative estimate of drug-likeness (QED) is 0.823. The highest BCUT2D eigenvalue weighted by Gasteiger charge is 2.39. The summed E-state index contributed by atoms with van der Waals surface area (Å²) >= 11 is 3.80. The van der Waals surface area contributed by atoms with Gasteiger partial charge in [-0.25, -0.2) is 9.59 Å². The summed E-state index contributed by atoms with van der Waals surface area (Å²) in [5.41, 5.74) is 0. The van der Waals surface area contributed by atoms with Gasteiger partial charge in [-0.05, 0) is 12.3 Å². The zero-order chi connectivity index (χ0) is 13.8. The molecule has 19 heavy (non-hydrogen) atoms. The van der Waals surface area contributed by atoms with Crippen LogP contribution in [-0.2, 0) is 4.79 Å². The van der Waals surface area contributed by atoms with Crippen molar-refractivity contribution < 1.29 is 14.7 Å². The predicted molar refractivity (Wildman–Crippen MR) is 78.9 cm³/mol. The lowest BCUT2D eigenvalue weighted by Crippen LogP contribution is -2.49. The fourth-order valence-corrected chi connectivity index (χ4v) is 5.12. The van der Waals surface area contributed by atoms with Crippen LogP contribution in [0.25, 0.3) is 0 Å². The number of likely N-dealkylation sites (tertiary alicyclic amines) is 1. The van der Waals surface area contributed by atoms with Crippen LogP contribution in [0, 0.1) is 5.92 Å². The molecule has 0 aromatic carbocycles. The summed E-state index contributed by atoms with van der Waals surface area (Å²) in [6.45, 7) is 3.06. The molecule has 2 saturated heterocycles. The van der Waals surface area contributed by atoms with Crippen LogP contribution in [-0.4, -0.2) is 63.6 Å². The summed E-state index contributed by atoms with van der Waals surface area (Å²) in [5.74, 6) is 2.50. The maximum absolute atomic E-state index is 12.1. The van der Waals surface area contributed by atoms with Crippen LogP contribution in [0.15, 0.2) is 0 Å². The van der Waals surface area contributed by atoms with Crippen LogP contribution in [0.4, 0.5) is 4.79 Å². The lowest BCUT2D eigenvalue weighted by molar-refractivity contribution is -0.142. The molecule has 2 heterocycles. The van der Waals surface area contributed by atoms with Crippen LogP contribution in [0.1, 0.15) is 13.3 Å². The van der Waals surface area contributed by atoms with E-state index in [-0.39, 0.29) is 11.9 Å². The number of thioether (sulfide) groups is 2. The fourth-order valence-electron chi connectivity index (χ4n) is 2.51. The van der Waals surface area contributed by atoms with Crippen LogP contribution < -0.4 is 5.32 Å². The van der Waals surface area contributed by atoms with E-state index >= 15 is 0 Å². The van der Waals surface area contributed by atoms with Crippen LogP contribution in [0.2, 0.25) is 0 Å². The van der Waals surface area contributed by atoms with Crippen LogP contribution >= 0.6 is 23.5 Å². The van der Waals surface area contributed by atoms with Gasteiger partial charge in [0.15, 0.2) is 0 Å². The molecule has 0 saturated carbocycles. The molecule has 2 aliphatic rings. The summed E-state index contributed by atoms with van der Waals surface area (Å²) in [6, 6.07) is -0.902. The zero-order valence-corrected chi connectivity index (χ0v) is 12.6. The molecule has 0 aromatic heterocycles. The second-order valence-corrected chi connectivity index (χ2v) is 7.55. The van der Waals surface area contributed by atoms with Gasteiger partial charge in [-0.2, -0.15) is 23.5 Å². The molecule has 3 atom stereocenters. The predicted octanol–water partition coefficient (Wildman–Crippen LogP) is 1.34. The summed E-state index contributed by atoms with van der Waals surface area (Å²) in [6.07, 6.45) is 0.762. The molecule has 0 aromatic rings. The SMILES string of the molecule is CC1CCN(C(=O)NCC2CSCCS2)C1C(=O)O. The lowest BCUT2D eigenvalue weighted by Gasteiger charge is -2.26. The summed E-state index contributed by atoms with van der Waals surface area (Å²) in [4.78, 5) is 24.8. The molecule has 2 aliphatic heterocycles. The number of hydrogen-bond donors (Lipinski definition) is 2. The van der Waals surface area contributed by atoms with Crippen molar-refractivity contribution in [2.75, 3.05) is 30.3 Å². The largest absolute Gasteiger partial charge is 0.480 e. The van der Waals surface area contributed by atoms with Gasteiger partial charge in [0.25, 0.3) is 0 Å². The molecule has 108 valence electrons. The molecule has 2 amide bonds. The Kier molecular flexibility index (Phi) is 5.27. The van der Waals surface area contributed by atoms with Gasteiger partial charge in [0.2, 0.25) is 0 Å². The maximum Gasteiger partial charge on any atom is 0.326 e. The van der Waals surface area contributed by atoms with Crippen LogP contribution in [0.3, 0.4) is 0 Å². The Bertz CT molecular complexity index is 348. The Morgan fingerprint density at radius 2 is 2.21 bits per heavy atom. The molecular weight excluding hydrogens is 284 g/mol. The second-order valence-electron chi connectivity index (χ2n) is 5.00. The molecule has 0 aliphatic carbocycles. The van der Waals surface area contributed by atoms with Crippen molar-refractivity contribution in [1.29, 1.82) is 0 Å². The van der Waals surface area contributed by atoms with Crippen molar-refractivity contribution in [2.24, 2.45) is 5.92 Å². The van der Waals surface area contributed by atoms with Gasteiger partial charge in [0, 0.05) is 35.6 Å². The summed E-state index contributed by atoms with van der Waals surface area (Å²) in [5, 5.41) is 12.5. The minimum Gasteiger partial charge on any atom is -0.480 e. The Balaban J connectivity index is 1.83. The molecule has 0 spiro atoms. The number of urea groups is 1. The third-order valence-electron chi connectivity index (χ3n) is 3.58. The van der Waals surface area contributed by atoms with E-state index in [9.17, 15) is 14.7 Å². The minimum absolute atomic E-state index is 0.0304. The van der Waals surface area contributed by atoms with Crippen LogP contribution in [0.5, 0.6) is 0 Å². The molecule has 0 bridgehead atoms. The number of carbonyl (C=O) groups excluding carboxylic acids is 1. The highest BCUT2D eigenvalue weighted by atomic mass is 32.2. The second kappa shape index (κ2) is 6.74. The standard InChI is InChI=1S/C12H20N2O3S2/c1-8-2-3-14(10(8)11(15)16)12(17)13-6-9-7-18-4-5-19-9/h8-10H,2-7H2,1H3,(H,13,17)(H,15,16). The van der Waals surface area contributed by atoms with Gasteiger partial charge >= 0.3 is 12.0 Å². The number of amides is 2. The van der Waals surface area contributed by atoms with Crippen molar-refractivity contribution in [2.45, 2.75) is 24.6 Å². The highest BCUT2D eigenvalue weighted by Crippen LogP contribution is 2.25. The Labute approximate surface area is 121 Å². The van der Waals surface area contributed by atoms with E-state index in [1.807, 2.05) is 30.4 Å². The third-order valence-corrected chi connectivity index (χ3v) is 6.42. The van der Waals surface area contributed by atoms with Crippen molar-refractivity contribution in [3.63, 3.8) is 0 Å². The first-order valence-corrected chi connectivity index (χ1v) is 8.76. The zero-order valence-electron chi connectivity index (χ0n) is 11.0. The van der Waals surface area contributed by atoms with E-state index in [1.165, 1.54) is 10.7 Å². The van der Waals surface area contributed by atoms with Gasteiger partial charge in [-0.15, -0.1) is 0 Å². The average molecular weight is 304 g/mol. The highest BCUT2D eigenvalue weighted by molar-refractivity contribution is 8.06. The van der Waals surface area contributed by atoms with E-state index in [1.54, 1.807) is 0 Å². The van der Waals surface area contributed by atoms with Gasteiger partial charge in [-0.1, -0.05) is 6.92 Å². The molecule has 2 fully saturated rings. The Morgan fingerprint density at radius 3 is 2.84 bits per heavy atom. The first-order valence-electron chi connectivity index (χ1n) is 6.56. The number of hydrogen-bond acceptors (Lipinski definition) is 4. The molecule has 2 rings (SSSR count). The number of nitrogens with zero attached hydrogens (tertiary/aromatic N) is 1. The number of carbonyl (C=O) groups is 2. The first-order chi connectivity index (χ1) is 9.09. The van der Waals surface area contributed by atoms with Gasteiger partial charge in [0.1, 0.15) is 6.04 Å². The van der Waals surface area contributed by atoms with E-state index in [2.05, 4.69) is 5.32 Å². The van der Waals surface area contributed by atoms with E-state index in [4.69, 9.17) is 0 Å². The third kappa shape index (κ3) is 3.72. The van der Waals surface area contributed by atoms with E-state index in [0.717, 1.165) is 17.9 Å². The monoisotopic (exact) mass is 304 g/mol. The van der Waals surface area contributed by atoms with Crippen molar-refractivity contribution in [3.05, 3.63) is 0 Å². The van der Waals surface area contributed by atoms with Crippen molar-refractivity contribution in [1.82, 2.24) is 10.2 Å². The molecule has 3 unspecified atom stereocenters. The van der Waals surface area contributed by atoms with E-state index < -0.39 is 12.0 Å². The minimum atomic E-state index is -0.900. The Hall–Kier alpha value is -0.560. The summed E-state index contributed by atoms with van der Waals surface area (Å²) < 4.78 is 0. The lowest BCUT2D eigenvalue weighted by atomic mass is 10.0. The van der Waals surface area contributed by atoms with Crippen molar-refractivity contribution >= 4 is 35.5 Å². The van der Waals surface area contributed by atoms with Crippen molar-refractivity contribution in [3.8, 4) is 0 Å². The molecule has 7 heteroatoms. The van der Waals surface area contributed by atoms with Gasteiger partial charge in [0.05, 0.1) is 0 Å². The number of rotatable bonds is 3. The Morgan fingerprint density at radius 1 is 1.42 bits per heavy atom. The molecule has 2 N–H and O–H groups in total. The molecular formula is C12H20N2O3S2. The number of nitrogens with one attached hydrogen (secondary N) is 1. The number of aliphatic carboxylic acids is 1.